The van der Waals surface area contributed by atoms with Crippen molar-refractivity contribution in [3.05, 3.63) is 58.6 Å². The van der Waals surface area contributed by atoms with Gasteiger partial charge in [-0.2, -0.15) is 0 Å². The van der Waals surface area contributed by atoms with Crippen molar-refractivity contribution < 1.29 is 13.4 Å². The molecule has 1 aliphatic rings. The van der Waals surface area contributed by atoms with Gasteiger partial charge in [0.1, 0.15) is 5.75 Å². The first-order valence-electron chi connectivity index (χ1n) is 10.6. The third kappa shape index (κ3) is 5.21. The van der Waals surface area contributed by atoms with E-state index in [4.69, 9.17) is 9.15 Å². The molecule has 1 aliphatic heterocycles. The van der Waals surface area contributed by atoms with E-state index in [1.165, 1.54) is 18.4 Å². The molecule has 7 heteroatoms. The number of nitrogens with zero attached hydrogens (tertiary/aromatic N) is 1. The molecule has 1 aromatic heterocycles. The predicted octanol–water partition coefficient (Wildman–Crippen LogP) is 3.58. The Morgan fingerprint density at radius 1 is 1.17 bits per heavy atom. The van der Waals surface area contributed by atoms with Crippen molar-refractivity contribution in [3.8, 4) is 5.75 Å². The van der Waals surface area contributed by atoms with Gasteiger partial charge in [-0.25, -0.2) is 4.79 Å². The quantitative estimate of drug-likeness (QED) is 0.594. The van der Waals surface area contributed by atoms with E-state index in [2.05, 4.69) is 34.1 Å². The number of hydrogen-bond donors (Lipinski definition) is 1. The van der Waals surface area contributed by atoms with E-state index in [1.54, 1.807) is 18.2 Å². The molecular weight excluding hydrogens is 400 g/mol. The SMILES string of the molecule is CCOc1ccc(CC2CCN(CCS(=O)c3ccc4[nH]c(=O)oc4c3)CC2)cc1. The molecule has 0 bridgehead atoms. The minimum absolute atomic E-state index is 0.459. The van der Waals surface area contributed by atoms with Crippen molar-refractivity contribution in [2.75, 3.05) is 32.0 Å². The van der Waals surface area contributed by atoms with Crippen LogP contribution in [0.3, 0.4) is 0 Å². The van der Waals surface area contributed by atoms with Crippen LogP contribution >= 0.6 is 0 Å². The minimum atomic E-state index is -1.11. The van der Waals surface area contributed by atoms with Gasteiger partial charge in [0.25, 0.3) is 0 Å². The molecule has 0 aliphatic carbocycles. The number of ether oxygens (including phenoxy) is 1. The van der Waals surface area contributed by atoms with Gasteiger partial charge < -0.3 is 14.1 Å². The molecule has 30 heavy (non-hydrogen) atoms. The zero-order valence-electron chi connectivity index (χ0n) is 17.3. The molecule has 1 fully saturated rings. The summed E-state index contributed by atoms with van der Waals surface area (Å²) in [6, 6.07) is 13.7. The number of likely N-dealkylation sites (tertiary alicyclic amines) is 1. The van der Waals surface area contributed by atoms with E-state index >= 15 is 0 Å². The normalized spacial score (nSPS) is 16.7. The Kier molecular flexibility index (Phi) is 6.69. The summed E-state index contributed by atoms with van der Waals surface area (Å²) in [6.45, 7) is 5.60. The molecule has 2 aromatic carbocycles. The molecule has 0 saturated carbocycles. The van der Waals surface area contributed by atoms with Crippen LogP contribution in [0.5, 0.6) is 5.75 Å². The molecule has 160 valence electrons. The second-order valence-electron chi connectivity index (χ2n) is 7.79. The van der Waals surface area contributed by atoms with E-state index in [1.807, 2.05) is 6.92 Å². The highest BCUT2D eigenvalue weighted by Gasteiger charge is 2.20. The first kappa shape index (κ1) is 20.9. The van der Waals surface area contributed by atoms with Crippen molar-refractivity contribution in [3.63, 3.8) is 0 Å². The molecule has 0 radical (unpaired) electrons. The van der Waals surface area contributed by atoms with Gasteiger partial charge in [0.15, 0.2) is 5.58 Å². The summed E-state index contributed by atoms with van der Waals surface area (Å²) < 4.78 is 23.2. The van der Waals surface area contributed by atoms with Gasteiger partial charge in [-0.15, -0.1) is 0 Å². The molecule has 2 heterocycles. The van der Waals surface area contributed by atoms with Crippen LogP contribution in [0, 0.1) is 5.92 Å². The fraction of sp³-hybridized carbons (Fsp3) is 0.435. The lowest BCUT2D eigenvalue weighted by atomic mass is 9.90. The highest BCUT2D eigenvalue weighted by molar-refractivity contribution is 7.85. The van der Waals surface area contributed by atoms with Gasteiger partial charge in [0.2, 0.25) is 0 Å². The van der Waals surface area contributed by atoms with Crippen molar-refractivity contribution in [2.45, 2.75) is 31.1 Å². The predicted molar refractivity (Wildman–Crippen MR) is 119 cm³/mol. The first-order chi connectivity index (χ1) is 14.6. The van der Waals surface area contributed by atoms with Crippen LogP contribution in [0.1, 0.15) is 25.3 Å². The first-order valence-corrected chi connectivity index (χ1v) is 11.9. The standard InChI is InChI=1S/C23H28N2O4S/c1-2-28-19-5-3-17(4-6-19)15-18-9-11-25(12-10-18)13-14-30(27)20-7-8-21-22(16-20)29-23(26)24-21/h3-8,16,18H,2,9-15H2,1H3,(H,24,26). The maximum absolute atomic E-state index is 12.7. The van der Waals surface area contributed by atoms with Crippen LogP contribution in [0.2, 0.25) is 0 Å². The average molecular weight is 429 g/mol. The second kappa shape index (κ2) is 9.62. The monoisotopic (exact) mass is 428 g/mol. The Labute approximate surface area is 178 Å². The number of fused-ring (bicyclic) bond motifs is 1. The smallest absolute Gasteiger partial charge is 0.417 e. The van der Waals surface area contributed by atoms with Crippen molar-refractivity contribution in [1.29, 1.82) is 0 Å². The Balaban J connectivity index is 1.23. The molecule has 1 N–H and O–H groups in total. The van der Waals surface area contributed by atoms with Crippen molar-refractivity contribution in [2.24, 2.45) is 5.92 Å². The van der Waals surface area contributed by atoms with E-state index < -0.39 is 16.6 Å². The maximum atomic E-state index is 12.7. The Hall–Kier alpha value is -2.38. The number of benzene rings is 2. The molecule has 0 spiro atoms. The zero-order valence-corrected chi connectivity index (χ0v) is 18.1. The van der Waals surface area contributed by atoms with Gasteiger partial charge in [-0.3, -0.25) is 9.19 Å². The molecular formula is C23H28N2O4S. The summed E-state index contributed by atoms with van der Waals surface area (Å²) >= 11 is 0. The van der Waals surface area contributed by atoms with E-state index in [0.29, 0.717) is 34.3 Å². The highest BCUT2D eigenvalue weighted by atomic mass is 32.2. The fourth-order valence-electron chi connectivity index (χ4n) is 4.03. The summed E-state index contributed by atoms with van der Waals surface area (Å²) in [5, 5.41) is 0. The van der Waals surface area contributed by atoms with Crippen LogP contribution in [-0.2, 0) is 17.2 Å². The number of piperidine rings is 1. The molecule has 1 unspecified atom stereocenters. The molecule has 0 amide bonds. The molecule has 4 rings (SSSR count). The Bertz CT molecular complexity index is 1050. The van der Waals surface area contributed by atoms with E-state index in [-0.39, 0.29) is 0 Å². The lowest BCUT2D eigenvalue weighted by Gasteiger charge is -2.31. The Morgan fingerprint density at radius 2 is 1.93 bits per heavy atom. The van der Waals surface area contributed by atoms with E-state index in [0.717, 1.165) is 31.8 Å². The highest BCUT2D eigenvalue weighted by Crippen LogP contribution is 2.23. The third-order valence-electron chi connectivity index (χ3n) is 5.71. The zero-order chi connectivity index (χ0) is 20.9. The summed E-state index contributed by atoms with van der Waals surface area (Å²) in [5.74, 6) is 1.73. The van der Waals surface area contributed by atoms with Crippen LogP contribution < -0.4 is 10.5 Å². The fourth-order valence-corrected chi connectivity index (χ4v) is 5.15. The second-order valence-corrected chi connectivity index (χ2v) is 9.36. The number of aromatic amines is 1. The largest absolute Gasteiger partial charge is 0.494 e. The van der Waals surface area contributed by atoms with Crippen molar-refractivity contribution >= 4 is 21.9 Å². The van der Waals surface area contributed by atoms with E-state index in [9.17, 15) is 9.00 Å². The number of H-pyrrole nitrogens is 1. The minimum Gasteiger partial charge on any atom is -0.494 e. The lowest BCUT2D eigenvalue weighted by molar-refractivity contribution is 0.193. The molecule has 1 saturated heterocycles. The van der Waals surface area contributed by atoms with Crippen LogP contribution in [0.25, 0.3) is 11.1 Å². The number of nitrogens with one attached hydrogen (secondary N) is 1. The summed E-state index contributed by atoms with van der Waals surface area (Å²) in [5.41, 5.74) is 2.46. The van der Waals surface area contributed by atoms with Gasteiger partial charge >= 0.3 is 5.76 Å². The topological polar surface area (TPSA) is 75.5 Å². The summed E-state index contributed by atoms with van der Waals surface area (Å²) in [4.78, 5) is 17.0. The third-order valence-corrected chi connectivity index (χ3v) is 7.05. The van der Waals surface area contributed by atoms with Crippen LogP contribution in [-0.4, -0.2) is 46.1 Å². The lowest BCUT2D eigenvalue weighted by Crippen LogP contribution is -2.36. The number of oxazole rings is 1. The molecule has 3 aromatic rings. The van der Waals surface area contributed by atoms with Gasteiger partial charge in [0, 0.05) is 17.2 Å². The van der Waals surface area contributed by atoms with Crippen molar-refractivity contribution in [1.82, 2.24) is 9.88 Å². The average Bonchev–Trinajstić information content (AvgIpc) is 3.14. The van der Waals surface area contributed by atoms with Gasteiger partial charge in [0.05, 0.1) is 22.9 Å². The maximum Gasteiger partial charge on any atom is 0.417 e. The number of rotatable bonds is 8. The van der Waals surface area contributed by atoms with Gasteiger partial charge in [-0.05, 0) is 81.1 Å². The summed E-state index contributed by atoms with van der Waals surface area (Å²) in [7, 11) is -1.11. The number of aromatic nitrogens is 1. The summed E-state index contributed by atoms with van der Waals surface area (Å²) in [6.07, 6.45) is 3.44. The molecule has 1 atom stereocenters. The van der Waals surface area contributed by atoms with Crippen LogP contribution in [0.15, 0.2) is 56.6 Å². The Morgan fingerprint density at radius 3 is 2.67 bits per heavy atom. The van der Waals surface area contributed by atoms with Crippen LogP contribution in [0.4, 0.5) is 0 Å². The number of hydrogen-bond acceptors (Lipinski definition) is 5. The van der Waals surface area contributed by atoms with Gasteiger partial charge in [-0.1, -0.05) is 12.1 Å². The molecule has 6 nitrogen and oxygen atoms in total.